The van der Waals surface area contributed by atoms with Gasteiger partial charge in [0, 0.05) is 44.4 Å². The molecule has 1 unspecified atom stereocenters. The standard InChI is InChI=1S/C28H37N3O3S.2ClH/c1-21(25-18-29-19-26(25)23-6-4-3-5-7-23)30-15-12-28(13-16-30)14-17-31(27(28)32)20-22-8-10-24(11-9-22)35(2,33)34;;/h3-11,21,25-26,29H,12-20H2,1-2H3;2*1H/t21?,25-,26-;;/m1../s1. The minimum Gasteiger partial charge on any atom is -0.338 e. The molecule has 3 atom stereocenters. The number of carbonyl (C=O) groups excluding carboxylic acids is 1. The Morgan fingerprint density at radius 1 is 0.946 bits per heavy atom. The molecule has 3 saturated heterocycles. The number of sulfone groups is 1. The van der Waals surface area contributed by atoms with Gasteiger partial charge in [-0.05, 0) is 68.5 Å². The average molecular weight is 569 g/mol. The van der Waals surface area contributed by atoms with E-state index in [0.717, 1.165) is 57.5 Å². The Morgan fingerprint density at radius 3 is 2.19 bits per heavy atom. The van der Waals surface area contributed by atoms with E-state index in [4.69, 9.17) is 0 Å². The highest BCUT2D eigenvalue weighted by Gasteiger charge is 2.49. The third-order valence-corrected chi connectivity index (χ3v) is 9.89. The lowest BCUT2D eigenvalue weighted by atomic mass is 9.75. The molecule has 0 saturated carbocycles. The molecule has 3 aliphatic rings. The van der Waals surface area contributed by atoms with E-state index in [1.165, 1.54) is 11.8 Å². The van der Waals surface area contributed by atoms with Crippen LogP contribution >= 0.6 is 24.8 Å². The zero-order valence-corrected chi connectivity index (χ0v) is 24.1. The summed E-state index contributed by atoms with van der Waals surface area (Å²) in [5.74, 6) is 1.40. The highest BCUT2D eigenvalue weighted by Crippen LogP contribution is 2.43. The van der Waals surface area contributed by atoms with Gasteiger partial charge in [0.1, 0.15) is 0 Å². The zero-order valence-electron chi connectivity index (χ0n) is 21.6. The van der Waals surface area contributed by atoms with E-state index < -0.39 is 9.84 Å². The molecule has 3 fully saturated rings. The molecule has 3 aliphatic heterocycles. The number of piperidine rings is 1. The number of amides is 1. The monoisotopic (exact) mass is 567 g/mol. The number of likely N-dealkylation sites (tertiary alicyclic amines) is 2. The molecule has 2 aromatic carbocycles. The molecule has 0 bridgehead atoms. The summed E-state index contributed by atoms with van der Waals surface area (Å²) in [6, 6.07) is 18.3. The predicted molar refractivity (Wildman–Crippen MR) is 152 cm³/mol. The van der Waals surface area contributed by atoms with E-state index in [1.807, 2.05) is 17.0 Å². The molecule has 0 aliphatic carbocycles. The van der Waals surface area contributed by atoms with Crippen molar-refractivity contribution in [2.24, 2.45) is 11.3 Å². The molecular formula is C28H39Cl2N3O3S. The number of halogens is 2. The fourth-order valence-corrected chi connectivity index (χ4v) is 7.10. The van der Waals surface area contributed by atoms with Gasteiger partial charge in [0.25, 0.3) is 0 Å². The SMILES string of the molecule is CC([C@H]1CNC[C@@H]1c1ccccc1)N1CCC2(CCN(Cc3ccc(S(C)(=O)=O)cc3)C2=O)CC1.Cl.Cl. The number of hydrogen-bond acceptors (Lipinski definition) is 5. The van der Waals surface area contributed by atoms with Crippen LogP contribution in [0.5, 0.6) is 0 Å². The largest absolute Gasteiger partial charge is 0.338 e. The average Bonchev–Trinajstić information content (AvgIpc) is 3.46. The summed E-state index contributed by atoms with van der Waals surface area (Å²) in [5.41, 5.74) is 2.18. The maximum absolute atomic E-state index is 13.5. The van der Waals surface area contributed by atoms with Crippen molar-refractivity contribution in [1.82, 2.24) is 15.1 Å². The molecule has 1 N–H and O–H groups in total. The van der Waals surface area contributed by atoms with Crippen molar-refractivity contribution in [2.45, 2.75) is 49.6 Å². The van der Waals surface area contributed by atoms with Crippen LogP contribution in [0.15, 0.2) is 59.5 Å². The van der Waals surface area contributed by atoms with Crippen LogP contribution in [-0.4, -0.2) is 69.1 Å². The molecule has 9 heteroatoms. The summed E-state index contributed by atoms with van der Waals surface area (Å²) in [4.78, 5) is 18.4. The summed E-state index contributed by atoms with van der Waals surface area (Å²) < 4.78 is 23.4. The van der Waals surface area contributed by atoms with Crippen LogP contribution in [0.1, 0.15) is 43.2 Å². The van der Waals surface area contributed by atoms with Crippen LogP contribution in [0, 0.1) is 11.3 Å². The van der Waals surface area contributed by atoms with Gasteiger partial charge in [-0.15, -0.1) is 24.8 Å². The molecule has 204 valence electrons. The molecular weight excluding hydrogens is 529 g/mol. The maximum atomic E-state index is 13.5. The normalized spacial score (nSPS) is 24.5. The van der Waals surface area contributed by atoms with Gasteiger partial charge < -0.3 is 15.1 Å². The lowest BCUT2D eigenvalue weighted by molar-refractivity contribution is -0.139. The lowest BCUT2D eigenvalue weighted by Gasteiger charge is -2.43. The predicted octanol–water partition coefficient (Wildman–Crippen LogP) is 4.14. The molecule has 3 heterocycles. The van der Waals surface area contributed by atoms with Gasteiger partial charge in [-0.2, -0.15) is 0 Å². The van der Waals surface area contributed by atoms with Crippen molar-refractivity contribution in [3.8, 4) is 0 Å². The number of nitrogens with zero attached hydrogens (tertiary/aromatic N) is 2. The zero-order chi connectivity index (χ0) is 24.6. The van der Waals surface area contributed by atoms with E-state index in [2.05, 4.69) is 47.5 Å². The van der Waals surface area contributed by atoms with Crippen molar-refractivity contribution < 1.29 is 13.2 Å². The third-order valence-electron chi connectivity index (χ3n) is 8.77. The topological polar surface area (TPSA) is 69.7 Å². The first kappa shape index (κ1) is 29.9. The van der Waals surface area contributed by atoms with Crippen molar-refractivity contribution in [2.75, 3.05) is 39.0 Å². The number of carbonyl (C=O) groups is 1. The van der Waals surface area contributed by atoms with Gasteiger partial charge in [-0.1, -0.05) is 42.5 Å². The number of benzene rings is 2. The van der Waals surface area contributed by atoms with E-state index in [9.17, 15) is 13.2 Å². The molecule has 0 aromatic heterocycles. The van der Waals surface area contributed by atoms with Crippen molar-refractivity contribution >= 4 is 40.6 Å². The van der Waals surface area contributed by atoms with Crippen LogP contribution in [0.4, 0.5) is 0 Å². The second-order valence-corrected chi connectivity index (χ2v) is 12.8. The Morgan fingerprint density at radius 2 is 1.57 bits per heavy atom. The Balaban J connectivity index is 0.00000190. The lowest BCUT2D eigenvalue weighted by Crippen LogP contribution is -2.50. The number of hydrogen-bond donors (Lipinski definition) is 1. The first-order valence-electron chi connectivity index (χ1n) is 12.8. The molecule has 1 spiro atoms. The Hall–Kier alpha value is -1.64. The summed E-state index contributed by atoms with van der Waals surface area (Å²) in [7, 11) is -3.21. The fourth-order valence-electron chi connectivity index (χ4n) is 6.47. The first-order chi connectivity index (χ1) is 16.8. The molecule has 0 radical (unpaired) electrons. The minimum atomic E-state index is -3.21. The van der Waals surface area contributed by atoms with Crippen LogP contribution in [-0.2, 0) is 21.2 Å². The number of rotatable bonds is 6. The molecule has 1 amide bonds. The summed E-state index contributed by atoms with van der Waals surface area (Å²) in [6.45, 7) is 7.74. The van der Waals surface area contributed by atoms with Gasteiger partial charge in [-0.25, -0.2) is 8.42 Å². The second-order valence-electron chi connectivity index (χ2n) is 10.8. The van der Waals surface area contributed by atoms with E-state index in [1.54, 1.807) is 12.1 Å². The third kappa shape index (κ3) is 6.17. The molecule has 5 rings (SSSR count). The van der Waals surface area contributed by atoms with Crippen LogP contribution in [0.25, 0.3) is 0 Å². The molecule has 2 aromatic rings. The number of nitrogens with one attached hydrogen (secondary N) is 1. The van der Waals surface area contributed by atoms with E-state index in [0.29, 0.717) is 29.3 Å². The Labute approximate surface area is 233 Å². The Kier molecular flexibility index (Phi) is 9.73. The molecule has 37 heavy (non-hydrogen) atoms. The van der Waals surface area contributed by atoms with Crippen LogP contribution < -0.4 is 5.32 Å². The van der Waals surface area contributed by atoms with Gasteiger partial charge in [0.05, 0.1) is 10.3 Å². The quantitative estimate of drug-likeness (QED) is 0.568. The van der Waals surface area contributed by atoms with Gasteiger partial charge >= 0.3 is 0 Å². The van der Waals surface area contributed by atoms with Gasteiger partial charge in [0.15, 0.2) is 9.84 Å². The summed E-state index contributed by atoms with van der Waals surface area (Å²) >= 11 is 0. The van der Waals surface area contributed by atoms with Gasteiger partial charge in [-0.3, -0.25) is 4.79 Å². The maximum Gasteiger partial charge on any atom is 0.229 e. The van der Waals surface area contributed by atoms with Crippen LogP contribution in [0.3, 0.4) is 0 Å². The Bertz CT molecular complexity index is 1150. The highest BCUT2D eigenvalue weighted by atomic mass is 35.5. The van der Waals surface area contributed by atoms with Crippen molar-refractivity contribution in [3.63, 3.8) is 0 Å². The smallest absolute Gasteiger partial charge is 0.229 e. The van der Waals surface area contributed by atoms with Crippen molar-refractivity contribution in [1.29, 1.82) is 0 Å². The van der Waals surface area contributed by atoms with Crippen LogP contribution in [0.2, 0.25) is 0 Å². The first-order valence-corrected chi connectivity index (χ1v) is 14.7. The fraction of sp³-hybridized carbons (Fsp3) is 0.536. The highest BCUT2D eigenvalue weighted by molar-refractivity contribution is 7.90. The van der Waals surface area contributed by atoms with Gasteiger partial charge in [0.2, 0.25) is 5.91 Å². The molecule has 6 nitrogen and oxygen atoms in total. The van der Waals surface area contributed by atoms with E-state index in [-0.39, 0.29) is 36.1 Å². The van der Waals surface area contributed by atoms with Crippen molar-refractivity contribution in [3.05, 3.63) is 65.7 Å². The van der Waals surface area contributed by atoms with E-state index >= 15 is 0 Å². The summed E-state index contributed by atoms with van der Waals surface area (Å²) in [6.07, 6.45) is 3.99. The minimum absolute atomic E-state index is 0. The second kappa shape index (κ2) is 12.0. The summed E-state index contributed by atoms with van der Waals surface area (Å²) in [5, 5.41) is 3.62.